The van der Waals surface area contributed by atoms with Crippen molar-refractivity contribution in [2.75, 3.05) is 11.9 Å². The maximum atomic E-state index is 6.21. The van der Waals surface area contributed by atoms with Crippen LogP contribution in [-0.4, -0.2) is 27.8 Å². The predicted molar refractivity (Wildman–Crippen MR) is 110 cm³/mol. The van der Waals surface area contributed by atoms with Crippen LogP contribution < -0.4 is 11.1 Å². The van der Waals surface area contributed by atoms with Gasteiger partial charge in [-0.25, -0.2) is 0 Å². The predicted octanol–water partition coefficient (Wildman–Crippen LogP) is 4.45. The third-order valence-electron chi connectivity index (χ3n) is 3.89. The molecule has 0 saturated carbocycles. The lowest BCUT2D eigenvalue weighted by Gasteiger charge is -2.11. The minimum Gasteiger partial charge on any atom is -0.359 e. The molecule has 0 radical (unpaired) electrons. The highest BCUT2D eigenvalue weighted by Gasteiger charge is 2.13. The van der Waals surface area contributed by atoms with E-state index in [2.05, 4.69) is 32.6 Å². The minimum absolute atomic E-state index is 0.0129. The molecule has 1 unspecified atom stereocenters. The van der Waals surface area contributed by atoms with Gasteiger partial charge >= 0.3 is 0 Å². The number of aromatic nitrogens is 3. The molecule has 132 valence electrons. The van der Waals surface area contributed by atoms with Gasteiger partial charge in [-0.3, -0.25) is 4.98 Å². The molecule has 1 atom stereocenters. The average molecular weight is 402 g/mol. The van der Waals surface area contributed by atoms with Crippen molar-refractivity contribution in [2.24, 2.45) is 5.73 Å². The van der Waals surface area contributed by atoms with E-state index in [-0.39, 0.29) is 6.04 Å². The van der Waals surface area contributed by atoms with Crippen molar-refractivity contribution >= 4 is 49.5 Å². The van der Waals surface area contributed by atoms with Gasteiger partial charge in [-0.2, -0.15) is 0 Å². The molecule has 1 aromatic carbocycles. The number of hydrogen-bond donors (Lipinski definition) is 2. The Bertz CT molecular complexity index is 1010. The zero-order chi connectivity index (χ0) is 17.9. The van der Waals surface area contributed by atoms with Crippen LogP contribution >= 0.6 is 34.3 Å². The Labute approximate surface area is 163 Å². The lowest BCUT2D eigenvalue weighted by atomic mass is 10.1. The third kappa shape index (κ3) is 3.86. The van der Waals surface area contributed by atoms with E-state index in [0.29, 0.717) is 11.6 Å². The van der Waals surface area contributed by atoms with E-state index in [1.807, 2.05) is 30.5 Å². The van der Waals surface area contributed by atoms with Crippen LogP contribution in [0.1, 0.15) is 5.56 Å². The van der Waals surface area contributed by atoms with Gasteiger partial charge in [0.25, 0.3) is 0 Å². The number of nitrogens with one attached hydrogen (secondary N) is 1. The number of fused-ring (bicyclic) bond motifs is 1. The Balaban J connectivity index is 1.42. The van der Waals surface area contributed by atoms with Gasteiger partial charge in [0.15, 0.2) is 5.01 Å². The monoisotopic (exact) mass is 401 g/mol. The second-order valence-corrected chi connectivity index (χ2v) is 8.36. The number of halogens is 1. The van der Waals surface area contributed by atoms with Crippen LogP contribution in [-0.2, 0) is 6.42 Å². The van der Waals surface area contributed by atoms with Gasteiger partial charge in [0.05, 0.1) is 14.6 Å². The van der Waals surface area contributed by atoms with Crippen LogP contribution in [0.5, 0.6) is 0 Å². The Morgan fingerprint density at radius 1 is 1.12 bits per heavy atom. The number of benzene rings is 1. The average Bonchev–Trinajstić information content (AvgIpc) is 3.28. The lowest BCUT2D eigenvalue weighted by molar-refractivity contribution is 0.698. The van der Waals surface area contributed by atoms with E-state index in [0.717, 1.165) is 31.5 Å². The molecule has 0 fully saturated rings. The molecule has 4 rings (SSSR count). The van der Waals surface area contributed by atoms with Gasteiger partial charge in [-0.1, -0.05) is 53.3 Å². The second kappa shape index (κ2) is 7.67. The standard InChI is InChI=1S/C18H16ClN5S2/c19-14-9-21-10-16-13(14)7-15(25-16)17-23-24-18(26-17)22-8-12(20)6-11-4-2-1-3-5-11/h1-5,7,9-10,12H,6,8,20H2,(H,22,24). The van der Waals surface area contributed by atoms with Crippen molar-refractivity contribution in [2.45, 2.75) is 12.5 Å². The fourth-order valence-corrected chi connectivity index (χ4v) is 4.75. The van der Waals surface area contributed by atoms with E-state index < -0.39 is 0 Å². The van der Waals surface area contributed by atoms with Crippen molar-refractivity contribution in [3.05, 3.63) is 59.4 Å². The van der Waals surface area contributed by atoms with Crippen LogP contribution in [0.3, 0.4) is 0 Å². The summed E-state index contributed by atoms with van der Waals surface area (Å²) in [7, 11) is 0. The first-order chi connectivity index (χ1) is 12.7. The summed E-state index contributed by atoms with van der Waals surface area (Å²) in [6.07, 6.45) is 4.29. The SMILES string of the molecule is NC(CNc1nnc(-c2cc3c(Cl)cncc3s2)s1)Cc1ccccc1. The van der Waals surface area contributed by atoms with Gasteiger partial charge in [0.2, 0.25) is 5.13 Å². The summed E-state index contributed by atoms with van der Waals surface area (Å²) >= 11 is 9.33. The Morgan fingerprint density at radius 2 is 1.96 bits per heavy atom. The maximum absolute atomic E-state index is 6.21. The highest BCUT2D eigenvalue weighted by atomic mass is 35.5. The van der Waals surface area contributed by atoms with E-state index in [4.69, 9.17) is 17.3 Å². The van der Waals surface area contributed by atoms with Crippen LogP contribution in [0.25, 0.3) is 20.0 Å². The molecule has 26 heavy (non-hydrogen) atoms. The summed E-state index contributed by atoms with van der Waals surface area (Å²) < 4.78 is 1.04. The van der Waals surface area contributed by atoms with Gasteiger partial charge in [-0.05, 0) is 18.1 Å². The Hall–Kier alpha value is -2.06. The fourth-order valence-electron chi connectivity index (χ4n) is 2.63. The number of thiophene rings is 1. The minimum atomic E-state index is 0.0129. The third-order valence-corrected chi connectivity index (χ3v) is 6.31. The van der Waals surface area contributed by atoms with E-state index in [1.54, 1.807) is 17.5 Å². The van der Waals surface area contributed by atoms with Crippen LogP contribution in [0.2, 0.25) is 5.02 Å². The zero-order valence-electron chi connectivity index (χ0n) is 13.7. The molecule has 0 amide bonds. The number of anilines is 1. The summed E-state index contributed by atoms with van der Waals surface area (Å²) in [6.45, 7) is 0.645. The normalized spacial score (nSPS) is 12.4. The van der Waals surface area contributed by atoms with E-state index in [1.165, 1.54) is 16.9 Å². The van der Waals surface area contributed by atoms with Gasteiger partial charge in [0.1, 0.15) is 0 Å². The van der Waals surface area contributed by atoms with Crippen molar-refractivity contribution < 1.29 is 0 Å². The summed E-state index contributed by atoms with van der Waals surface area (Å²) in [4.78, 5) is 5.16. The molecule has 8 heteroatoms. The van der Waals surface area contributed by atoms with Crippen LogP contribution in [0.4, 0.5) is 5.13 Å². The van der Waals surface area contributed by atoms with E-state index in [9.17, 15) is 0 Å². The van der Waals surface area contributed by atoms with E-state index >= 15 is 0 Å². The van der Waals surface area contributed by atoms with Crippen molar-refractivity contribution in [1.29, 1.82) is 0 Å². The second-order valence-electron chi connectivity index (χ2n) is 5.89. The number of hydrogen-bond acceptors (Lipinski definition) is 7. The summed E-state index contributed by atoms with van der Waals surface area (Å²) in [5.41, 5.74) is 7.45. The smallest absolute Gasteiger partial charge is 0.206 e. The highest BCUT2D eigenvalue weighted by molar-refractivity contribution is 7.26. The molecule has 3 aromatic heterocycles. The van der Waals surface area contributed by atoms with Gasteiger partial charge in [-0.15, -0.1) is 21.5 Å². The van der Waals surface area contributed by atoms with Gasteiger partial charge < -0.3 is 11.1 Å². The molecule has 0 saturated heterocycles. The summed E-state index contributed by atoms with van der Waals surface area (Å²) in [5, 5.41) is 15.1. The number of pyridine rings is 1. The fraction of sp³-hybridized carbons (Fsp3) is 0.167. The first-order valence-electron chi connectivity index (χ1n) is 8.09. The molecule has 5 nitrogen and oxygen atoms in total. The topological polar surface area (TPSA) is 76.7 Å². The zero-order valence-corrected chi connectivity index (χ0v) is 16.1. The molecule has 0 aliphatic rings. The molecular weight excluding hydrogens is 386 g/mol. The Kier molecular flexibility index (Phi) is 5.12. The molecule has 0 spiro atoms. The highest BCUT2D eigenvalue weighted by Crippen LogP contribution is 2.38. The first kappa shape index (κ1) is 17.4. The number of rotatable bonds is 6. The van der Waals surface area contributed by atoms with Crippen molar-refractivity contribution in [3.8, 4) is 9.88 Å². The molecule has 3 heterocycles. The number of nitrogens with zero attached hydrogens (tertiary/aromatic N) is 3. The molecule has 4 aromatic rings. The summed E-state index contributed by atoms with van der Waals surface area (Å²) in [6, 6.07) is 12.3. The van der Waals surface area contributed by atoms with Crippen molar-refractivity contribution in [3.63, 3.8) is 0 Å². The molecule has 3 N–H and O–H groups in total. The largest absolute Gasteiger partial charge is 0.359 e. The number of nitrogens with two attached hydrogens (primary N) is 1. The Morgan fingerprint density at radius 3 is 2.77 bits per heavy atom. The maximum Gasteiger partial charge on any atom is 0.206 e. The summed E-state index contributed by atoms with van der Waals surface area (Å²) in [5.74, 6) is 0. The first-order valence-corrected chi connectivity index (χ1v) is 10.1. The van der Waals surface area contributed by atoms with Crippen LogP contribution in [0, 0.1) is 0 Å². The molecular formula is C18H16ClN5S2. The van der Waals surface area contributed by atoms with Gasteiger partial charge in [0, 0.05) is 30.4 Å². The molecule has 0 bridgehead atoms. The quantitative estimate of drug-likeness (QED) is 0.499. The molecule has 0 aliphatic heterocycles. The van der Waals surface area contributed by atoms with Crippen molar-refractivity contribution in [1.82, 2.24) is 15.2 Å². The lowest BCUT2D eigenvalue weighted by Crippen LogP contribution is -2.31. The van der Waals surface area contributed by atoms with Crippen LogP contribution in [0.15, 0.2) is 48.8 Å². The molecule has 0 aliphatic carbocycles.